The Morgan fingerprint density at radius 1 is 1.50 bits per heavy atom. The highest BCUT2D eigenvalue weighted by Gasteiger charge is 2.43. The molecule has 1 unspecified atom stereocenters. The Labute approximate surface area is 92.8 Å². The molecule has 1 rings (SSSR count). The van der Waals surface area contributed by atoms with Crippen LogP contribution in [-0.2, 0) is 4.74 Å². The van der Waals surface area contributed by atoms with Crippen molar-refractivity contribution in [3.05, 3.63) is 0 Å². The molecule has 16 heavy (non-hydrogen) atoms. The van der Waals surface area contributed by atoms with Crippen molar-refractivity contribution in [2.24, 2.45) is 5.92 Å². The minimum atomic E-state index is -4.46. The van der Waals surface area contributed by atoms with Crippen LogP contribution in [0.25, 0.3) is 0 Å². The Morgan fingerprint density at radius 3 is 2.56 bits per heavy atom. The summed E-state index contributed by atoms with van der Waals surface area (Å²) >= 11 is 0. The Morgan fingerprint density at radius 2 is 2.12 bits per heavy atom. The Balaban J connectivity index is 2.68. The first-order valence-corrected chi connectivity index (χ1v) is 5.06. The van der Waals surface area contributed by atoms with Crippen molar-refractivity contribution in [2.45, 2.75) is 25.6 Å². The van der Waals surface area contributed by atoms with Gasteiger partial charge in [0.1, 0.15) is 0 Å². The summed E-state index contributed by atoms with van der Waals surface area (Å²) in [7, 11) is 0. The average molecular weight is 236 g/mol. The van der Waals surface area contributed by atoms with Crippen molar-refractivity contribution in [2.75, 3.05) is 26.3 Å². The van der Waals surface area contributed by atoms with Crippen molar-refractivity contribution in [3.8, 4) is 6.07 Å². The van der Waals surface area contributed by atoms with Crippen LogP contribution in [0.2, 0.25) is 0 Å². The molecule has 1 atom stereocenters. The lowest BCUT2D eigenvalue weighted by atomic mass is 10.00. The van der Waals surface area contributed by atoms with Crippen molar-refractivity contribution in [1.82, 2.24) is 4.90 Å². The fraction of sp³-hybridized carbons (Fsp3) is 0.900. The third-order valence-corrected chi connectivity index (χ3v) is 2.77. The molecule has 1 aliphatic heterocycles. The molecule has 0 aromatic rings. The zero-order chi connectivity index (χ0) is 12.4. The molecule has 6 heteroatoms. The predicted octanol–water partition coefficient (Wildman–Crippen LogP) is 1.80. The number of alkyl halides is 3. The summed E-state index contributed by atoms with van der Waals surface area (Å²) in [6, 6.07) is 1.32. The maximum absolute atomic E-state index is 12.4. The molecule has 0 spiro atoms. The quantitative estimate of drug-likeness (QED) is 0.733. The van der Waals surface area contributed by atoms with Crippen molar-refractivity contribution in [3.63, 3.8) is 0 Å². The lowest BCUT2D eigenvalue weighted by Crippen LogP contribution is -2.55. The topological polar surface area (TPSA) is 36.3 Å². The number of ether oxygens (including phenoxy) is 1. The molecule has 92 valence electrons. The highest BCUT2D eigenvalue weighted by atomic mass is 19.4. The monoisotopic (exact) mass is 236 g/mol. The van der Waals surface area contributed by atoms with Crippen LogP contribution in [0.5, 0.6) is 0 Å². The van der Waals surface area contributed by atoms with Crippen LogP contribution in [0.4, 0.5) is 13.2 Å². The van der Waals surface area contributed by atoms with E-state index >= 15 is 0 Å². The third-order valence-electron chi connectivity index (χ3n) is 2.77. The van der Waals surface area contributed by atoms with Gasteiger partial charge >= 0.3 is 6.18 Å². The number of hydrogen-bond acceptors (Lipinski definition) is 3. The van der Waals surface area contributed by atoms with E-state index < -0.39 is 17.6 Å². The Bertz CT molecular complexity index is 283. The first kappa shape index (κ1) is 13.3. The molecule has 0 bridgehead atoms. The van der Waals surface area contributed by atoms with Crippen molar-refractivity contribution < 1.29 is 17.9 Å². The highest BCUT2D eigenvalue weighted by Crippen LogP contribution is 2.29. The lowest BCUT2D eigenvalue weighted by molar-refractivity contribution is -0.171. The summed E-state index contributed by atoms with van der Waals surface area (Å²) in [5, 5.41) is 8.53. The molecule has 0 aliphatic carbocycles. The smallest absolute Gasteiger partial charge is 0.378 e. The van der Waals surface area contributed by atoms with E-state index in [2.05, 4.69) is 0 Å². The van der Waals surface area contributed by atoms with Gasteiger partial charge in [0, 0.05) is 18.6 Å². The van der Waals surface area contributed by atoms with Crippen LogP contribution in [0, 0.1) is 17.2 Å². The molecule has 0 saturated carbocycles. The molecule has 1 aliphatic rings. The normalized spacial score (nSPS) is 23.8. The molecule has 1 fully saturated rings. The molecular weight excluding hydrogens is 221 g/mol. The second-order valence-corrected chi connectivity index (χ2v) is 4.53. The number of halogens is 3. The van der Waals surface area contributed by atoms with E-state index in [1.807, 2.05) is 13.8 Å². The van der Waals surface area contributed by atoms with Gasteiger partial charge in [-0.3, -0.25) is 4.90 Å². The van der Waals surface area contributed by atoms with Crippen LogP contribution in [-0.4, -0.2) is 42.9 Å². The van der Waals surface area contributed by atoms with Gasteiger partial charge in [0.15, 0.2) is 5.92 Å². The first-order chi connectivity index (χ1) is 7.27. The molecule has 1 heterocycles. The summed E-state index contributed by atoms with van der Waals surface area (Å²) in [5.41, 5.74) is -0.446. The molecule has 0 amide bonds. The molecule has 0 aromatic carbocycles. The number of nitrogens with zero attached hydrogens (tertiary/aromatic N) is 2. The SMILES string of the molecule is CC1(C)COCCN1CC(C#N)C(F)(F)F. The second-order valence-electron chi connectivity index (χ2n) is 4.53. The summed E-state index contributed by atoms with van der Waals surface area (Å²) in [6.07, 6.45) is -4.46. The van der Waals surface area contributed by atoms with Gasteiger partial charge in [-0.25, -0.2) is 0 Å². The zero-order valence-electron chi connectivity index (χ0n) is 9.34. The molecule has 1 saturated heterocycles. The summed E-state index contributed by atoms with van der Waals surface area (Å²) in [5.74, 6) is -1.93. The van der Waals surface area contributed by atoms with Gasteiger partial charge in [0.25, 0.3) is 0 Å². The average Bonchev–Trinajstić information content (AvgIpc) is 2.13. The molecular formula is C10H15F3N2O. The van der Waals surface area contributed by atoms with Crippen LogP contribution >= 0.6 is 0 Å². The Hall–Kier alpha value is -0.800. The van der Waals surface area contributed by atoms with Gasteiger partial charge in [-0.15, -0.1) is 0 Å². The Kier molecular flexibility index (Phi) is 3.81. The van der Waals surface area contributed by atoms with Gasteiger partial charge < -0.3 is 4.74 Å². The van der Waals surface area contributed by atoms with Gasteiger partial charge in [0.05, 0.1) is 19.3 Å². The minimum absolute atomic E-state index is 0.281. The van der Waals surface area contributed by atoms with Gasteiger partial charge in [0.2, 0.25) is 0 Å². The lowest BCUT2D eigenvalue weighted by Gasteiger charge is -2.42. The van der Waals surface area contributed by atoms with Crippen molar-refractivity contribution in [1.29, 1.82) is 5.26 Å². The molecule has 3 nitrogen and oxygen atoms in total. The molecule has 0 N–H and O–H groups in total. The summed E-state index contributed by atoms with van der Waals surface area (Å²) in [4.78, 5) is 1.66. The van der Waals surface area contributed by atoms with E-state index in [4.69, 9.17) is 10.00 Å². The number of morpholine rings is 1. The zero-order valence-corrected chi connectivity index (χ0v) is 9.34. The van der Waals surface area contributed by atoms with Crippen LogP contribution in [0.1, 0.15) is 13.8 Å². The van der Waals surface area contributed by atoms with E-state index in [0.29, 0.717) is 19.8 Å². The molecule has 0 aromatic heterocycles. The van der Waals surface area contributed by atoms with E-state index in [-0.39, 0.29) is 6.54 Å². The third kappa shape index (κ3) is 3.09. The predicted molar refractivity (Wildman–Crippen MR) is 51.6 cm³/mol. The maximum Gasteiger partial charge on any atom is 0.405 e. The van der Waals surface area contributed by atoms with E-state index in [1.54, 1.807) is 4.90 Å². The van der Waals surface area contributed by atoms with Crippen LogP contribution in [0.15, 0.2) is 0 Å². The summed E-state index contributed by atoms with van der Waals surface area (Å²) < 4.78 is 42.6. The fourth-order valence-electron chi connectivity index (χ4n) is 1.67. The van der Waals surface area contributed by atoms with Crippen molar-refractivity contribution >= 4 is 0 Å². The van der Waals surface area contributed by atoms with Gasteiger partial charge in [-0.2, -0.15) is 18.4 Å². The van der Waals surface area contributed by atoms with Gasteiger partial charge in [-0.05, 0) is 13.8 Å². The number of hydrogen-bond donors (Lipinski definition) is 0. The van der Waals surface area contributed by atoms with E-state index in [0.717, 1.165) is 0 Å². The summed E-state index contributed by atoms with van der Waals surface area (Å²) in [6.45, 7) is 4.59. The van der Waals surface area contributed by atoms with E-state index in [1.165, 1.54) is 6.07 Å². The van der Waals surface area contributed by atoms with Crippen LogP contribution < -0.4 is 0 Å². The minimum Gasteiger partial charge on any atom is -0.378 e. The standard InChI is InChI=1S/C10H15F3N2O/c1-9(2)7-16-4-3-15(9)6-8(5-14)10(11,12)13/h8H,3-4,6-7H2,1-2H3. The maximum atomic E-state index is 12.4. The fourth-order valence-corrected chi connectivity index (χ4v) is 1.67. The second kappa shape index (κ2) is 4.60. The number of rotatable bonds is 2. The molecule has 0 radical (unpaired) electrons. The van der Waals surface area contributed by atoms with Gasteiger partial charge in [-0.1, -0.05) is 0 Å². The first-order valence-electron chi connectivity index (χ1n) is 5.06. The largest absolute Gasteiger partial charge is 0.405 e. The van der Waals surface area contributed by atoms with E-state index in [9.17, 15) is 13.2 Å². The number of nitriles is 1. The van der Waals surface area contributed by atoms with Crippen LogP contribution in [0.3, 0.4) is 0 Å². The highest BCUT2D eigenvalue weighted by molar-refractivity contribution is 4.94.